The molecule has 2 rings (SSSR count). The first kappa shape index (κ1) is 15.1. The molecule has 1 unspecified atom stereocenters. The van der Waals surface area contributed by atoms with Crippen LogP contribution in [0, 0.1) is 13.8 Å². The monoisotopic (exact) mass is 315 g/mol. The lowest BCUT2D eigenvalue weighted by Gasteiger charge is -2.19. The Hall–Kier alpha value is -1.32. The van der Waals surface area contributed by atoms with E-state index in [2.05, 4.69) is 20.6 Å². The number of rotatable bonds is 5. The molecule has 7 nitrogen and oxygen atoms in total. The van der Waals surface area contributed by atoms with Gasteiger partial charge in [-0.1, -0.05) is 12.1 Å². The molecule has 0 bridgehead atoms. The molecule has 0 fully saturated rings. The van der Waals surface area contributed by atoms with Gasteiger partial charge in [-0.3, -0.25) is 0 Å². The molecule has 0 spiro atoms. The predicted octanol–water partition coefficient (Wildman–Crippen LogP) is 1.30. The summed E-state index contributed by atoms with van der Waals surface area (Å²) >= 11 is 1.48. The minimum Gasteiger partial charge on any atom is -0.207 e. The molecule has 1 atom stereocenters. The van der Waals surface area contributed by atoms with Gasteiger partial charge in [0.25, 0.3) is 0 Å². The number of aromatic amines is 1. The van der Waals surface area contributed by atoms with Crippen LogP contribution in [-0.2, 0) is 10.0 Å². The Balaban J connectivity index is 2.20. The van der Waals surface area contributed by atoms with Crippen LogP contribution in [0.3, 0.4) is 0 Å². The molecule has 2 aromatic heterocycles. The number of likely N-dealkylation sites (N-methyl/N-ethyl adjacent to an activating group) is 1. The third kappa shape index (κ3) is 2.89. The Morgan fingerprint density at radius 1 is 1.45 bits per heavy atom. The summed E-state index contributed by atoms with van der Waals surface area (Å²) in [7, 11) is -1.91. The molecule has 20 heavy (non-hydrogen) atoms. The van der Waals surface area contributed by atoms with E-state index >= 15 is 0 Å². The lowest BCUT2D eigenvalue weighted by molar-refractivity contribution is 0.439. The minimum atomic E-state index is -3.48. The van der Waals surface area contributed by atoms with E-state index in [1.165, 1.54) is 15.6 Å². The van der Waals surface area contributed by atoms with Gasteiger partial charge in [-0.05, 0) is 19.9 Å². The molecule has 0 aliphatic rings. The van der Waals surface area contributed by atoms with Crippen LogP contribution >= 0.6 is 11.3 Å². The van der Waals surface area contributed by atoms with Gasteiger partial charge >= 0.3 is 0 Å². The highest BCUT2D eigenvalue weighted by atomic mass is 32.2. The molecule has 0 aliphatic carbocycles. The van der Waals surface area contributed by atoms with E-state index in [4.69, 9.17) is 0 Å². The van der Waals surface area contributed by atoms with E-state index in [1.807, 2.05) is 20.8 Å². The van der Waals surface area contributed by atoms with Crippen LogP contribution in [0.1, 0.15) is 28.4 Å². The van der Waals surface area contributed by atoms with Crippen molar-refractivity contribution in [2.24, 2.45) is 0 Å². The number of tetrazole rings is 1. The molecule has 0 aliphatic heterocycles. The summed E-state index contributed by atoms with van der Waals surface area (Å²) in [6.45, 7) is 5.89. The molecule has 2 aromatic rings. The van der Waals surface area contributed by atoms with Crippen molar-refractivity contribution in [1.82, 2.24) is 24.9 Å². The maximum Gasteiger partial charge on any atom is 0.243 e. The number of sulfonamides is 1. The third-order valence-electron chi connectivity index (χ3n) is 3.02. The van der Waals surface area contributed by atoms with Gasteiger partial charge in [-0.2, -0.15) is 5.21 Å². The maximum atomic E-state index is 12.5. The fourth-order valence-corrected chi connectivity index (χ4v) is 4.75. The van der Waals surface area contributed by atoms with E-state index < -0.39 is 10.0 Å². The van der Waals surface area contributed by atoms with Crippen LogP contribution < -0.4 is 0 Å². The van der Waals surface area contributed by atoms with E-state index in [0.717, 1.165) is 9.75 Å². The molecule has 0 saturated carbocycles. The summed E-state index contributed by atoms with van der Waals surface area (Å²) in [5, 5.41) is 13.6. The lowest BCUT2D eigenvalue weighted by Crippen LogP contribution is -2.31. The van der Waals surface area contributed by atoms with E-state index in [1.54, 1.807) is 13.1 Å². The van der Waals surface area contributed by atoms with Crippen LogP contribution in [0.2, 0.25) is 0 Å². The molecule has 0 aromatic carbocycles. The van der Waals surface area contributed by atoms with Crippen LogP contribution in [0.5, 0.6) is 0 Å². The molecule has 0 radical (unpaired) electrons. The third-order valence-corrected chi connectivity index (χ3v) is 6.06. The van der Waals surface area contributed by atoms with Crippen molar-refractivity contribution in [2.45, 2.75) is 31.6 Å². The average molecular weight is 315 g/mol. The lowest BCUT2D eigenvalue weighted by atomic mass is 10.2. The highest BCUT2D eigenvalue weighted by Crippen LogP contribution is 2.27. The molecule has 2 heterocycles. The normalized spacial score (nSPS) is 13.8. The summed E-state index contributed by atoms with van der Waals surface area (Å²) in [6, 6.07) is 1.71. The zero-order valence-corrected chi connectivity index (χ0v) is 13.4. The second-order valence-electron chi connectivity index (χ2n) is 4.73. The largest absolute Gasteiger partial charge is 0.243 e. The standard InChI is InChI=1S/C11H17N5O2S2/c1-7(11-12-14-15-13-11)6-16(4)20(17,18)10-5-8(2)19-9(10)3/h5,7H,6H2,1-4H3,(H,12,13,14,15). The molecular weight excluding hydrogens is 298 g/mol. The molecule has 9 heteroatoms. The predicted molar refractivity (Wildman–Crippen MR) is 76.2 cm³/mol. The van der Waals surface area contributed by atoms with Gasteiger partial charge in [-0.25, -0.2) is 12.7 Å². The van der Waals surface area contributed by atoms with Crippen molar-refractivity contribution in [2.75, 3.05) is 13.6 Å². The van der Waals surface area contributed by atoms with E-state index in [-0.39, 0.29) is 5.92 Å². The van der Waals surface area contributed by atoms with Crippen molar-refractivity contribution < 1.29 is 8.42 Å². The first-order valence-electron chi connectivity index (χ1n) is 6.09. The van der Waals surface area contributed by atoms with Gasteiger partial charge < -0.3 is 0 Å². The highest BCUT2D eigenvalue weighted by Gasteiger charge is 2.26. The molecule has 0 amide bonds. The maximum absolute atomic E-state index is 12.5. The molecular formula is C11H17N5O2S2. The highest BCUT2D eigenvalue weighted by molar-refractivity contribution is 7.89. The second-order valence-corrected chi connectivity index (χ2v) is 8.21. The average Bonchev–Trinajstić information content (AvgIpc) is 2.98. The first-order valence-corrected chi connectivity index (χ1v) is 8.34. The number of hydrogen-bond donors (Lipinski definition) is 1. The minimum absolute atomic E-state index is 0.131. The van der Waals surface area contributed by atoms with Crippen molar-refractivity contribution in [3.8, 4) is 0 Å². The van der Waals surface area contributed by atoms with Gasteiger partial charge in [0.15, 0.2) is 5.82 Å². The Kier molecular flexibility index (Phi) is 4.21. The molecule has 0 saturated heterocycles. The quantitative estimate of drug-likeness (QED) is 0.898. The SMILES string of the molecule is Cc1cc(S(=O)(=O)N(C)CC(C)c2nn[nH]n2)c(C)s1. The summed E-state index contributed by atoms with van der Waals surface area (Å²) < 4.78 is 26.4. The fraction of sp³-hybridized carbons (Fsp3) is 0.545. The van der Waals surface area contributed by atoms with Crippen LogP contribution in [0.25, 0.3) is 0 Å². The number of aryl methyl sites for hydroxylation is 2. The smallest absolute Gasteiger partial charge is 0.207 e. The molecule has 110 valence electrons. The number of nitrogens with zero attached hydrogens (tertiary/aromatic N) is 4. The van der Waals surface area contributed by atoms with E-state index in [9.17, 15) is 8.42 Å². The second kappa shape index (κ2) is 5.58. The summed E-state index contributed by atoms with van der Waals surface area (Å²) in [5.74, 6) is 0.374. The van der Waals surface area contributed by atoms with Crippen molar-refractivity contribution in [1.29, 1.82) is 0 Å². The van der Waals surface area contributed by atoms with Crippen molar-refractivity contribution in [3.63, 3.8) is 0 Å². The van der Waals surface area contributed by atoms with Crippen LogP contribution in [0.4, 0.5) is 0 Å². The van der Waals surface area contributed by atoms with Gasteiger partial charge in [0, 0.05) is 29.3 Å². The Bertz CT molecular complexity index is 678. The Morgan fingerprint density at radius 2 is 2.15 bits per heavy atom. The first-order chi connectivity index (χ1) is 9.32. The van der Waals surface area contributed by atoms with E-state index in [0.29, 0.717) is 17.3 Å². The number of H-pyrrole nitrogens is 1. The number of aromatic nitrogens is 4. The van der Waals surface area contributed by atoms with Crippen molar-refractivity contribution in [3.05, 3.63) is 21.6 Å². The number of thiophene rings is 1. The topological polar surface area (TPSA) is 91.8 Å². The van der Waals surface area contributed by atoms with Gasteiger partial charge in [0.2, 0.25) is 10.0 Å². The Morgan fingerprint density at radius 3 is 2.65 bits per heavy atom. The zero-order chi connectivity index (χ0) is 14.9. The summed E-state index contributed by atoms with van der Waals surface area (Å²) in [4.78, 5) is 2.17. The Labute approximate surface area is 122 Å². The van der Waals surface area contributed by atoms with Gasteiger partial charge in [-0.15, -0.1) is 21.5 Å². The van der Waals surface area contributed by atoms with Gasteiger partial charge in [0.05, 0.1) is 4.90 Å². The van der Waals surface area contributed by atoms with Crippen LogP contribution in [0.15, 0.2) is 11.0 Å². The summed E-state index contributed by atoms with van der Waals surface area (Å²) in [5.41, 5.74) is 0. The van der Waals surface area contributed by atoms with Crippen molar-refractivity contribution >= 4 is 21.4 Å². The number of hydrogen-bond acceptors (Lipinski definition) is 6. The zero-order valence-electron chi connectivity index (χ0n) is 11.8. The van der Waals surface area contributed by atoms with Crippen LogP contribution in [-0.4, -0.2) is 46.9 Å². The number of nitrogens with one attached hydrogen (secondary N) is 1. The fourth-order valence-electron chi connectivity index (χ4n) is 1.98. The summed E-state index contributed by atoms with van der Waals surface area (Å²) in [6.07, 6.45) is 0. The molecule has 1 N–H and O–H groups in total. The van der Waals surface area contributed by atoms with Gasteiger partial charge in [0.1, 0.15) is 0 Å².